The summed E-state index contributed by atoms with van der Waals surface area (Å²) in [5.41, 5.74) is 2.42. The lowest BCUT2D eigenvalue weighted by Gasteiger charge is -2.05. The van der Waals surface area contributed by atoms with Gasteiger partial charge >= 0.3 is 0 Å². The van der Waals surface area contributed by atoms with E-state index in [1.165, 1.54) is 5.69 Å². The maximum absolute atomic E-state index is 4.47. The molecular formula is C9H17N3. The highest BCUT2D eigenvalue weighted by Gasteiger charge is 2.07. The Morgan fingerprint density at radius 1 is 1.42 bits per heavy atom. The van der Waals surface area contributed by atoms with Gasteiger partial charge < -0.3 is 9.88 Å². The summed E-state index contributed by atoms with van der Waals surface area (Å²) in [5, 5.41) is 3.12. The minimum atomic E-state index is 0.850. The fraction of sp³-hybridized carbons (Fsp3) is 0.667. The van der Waals surface area contributed by atoms with Crippen molar-refractivity contribution in [3.05, 3.63) is 17.2 Å². The third-order valence-corrected chi connectivity index (χ3v) is 2.19. The quantitative estimate of drug-likeness (QED) is 0.734. The van der Waals surface area contributed by atoms with Crippen LogP contribution in [0.3, 0.4) is 0 Å². The third kappa shape index (κ3) is 1.50. The molecule has 0 saturated carbocycles. The van der Waals surface area contributed by atoms with Gasteiger partial charge in [0.2, 0.25) is 0 Å². The molecule has 0 spiro atoms. The minimum Gasteiger partial charge on any atom is -0.331 e. The molecule has 0 amide bonds. The minimum absolute atomic E-state index is 0.850. The van der Waals surface area contributed by atoms with Crippen molar-refractivity contribution in [1.29, 1.82) is 0 Å². The van der Waals surface area contributed by atoms with Crippen LogP contribution in [0, 0.1) is 13.8 Å². The van der Waals surface area contributed by atoms with E-state index >= 15 is 0 Å². The van der Waals surface area contributed by atoms with E-state index in [1.807, 2.05) is 7.05 Å². The van der Waals surface area contributed by atoms with Crippen LogP contribution in [-0.2, 0) is 13.1 Å². The SMILES string of the molecule is CCn1c(CNC)nc(C)c1C. The molecule has 12 heavy (non-hydrogen) atoms. The second-order valence-electron chi connectivity index (χ2n) is 2.97. The summed E-state index contributed by atoms with van der Waals surface area (Å²) in [6.07, 6.45) is 0. The fourth-order valence-corrected chi connectivity index (χ4v) is 1.44. The first kappa shape index (κ1) is 9.26. The van der Waals surface area contributed by atoms with Crippen LogP contribution in [0.25, 0.3) is 0 Å². The average molecular weight is 167 g/mol. The standard InChI is InChI=1S/C9H17N3/c1-5-12-8(3)7(2)11-9(12)6-10-4/h10H,5-6H2,1-4H3. The Bertz CT molecular complexity index is 263. The van der Waals surface area contributed by atoms with Crippen molar-refractivity contribution in [3.8, 4) is 0 Å². The number of hydrogen-bond donors (Lipinski definition) is 1. The molecule has 0 aliphatic heterocycles. The Labute approximate surface area is 73.8 Å². The van der Waals surface area contributed by atoms with Gasteiger partial charge in [0.15, 0.2) is 0 Å². The van der Waals surface area contributed by atoms with Crippen LogP contribution < -0.4 is 5.32 Å². The van der Waals surface area contributed by atoms with Crippen molar-refractivity contribution >= 4 is 0 Å². The highest BCUT2D eigenvalue weighted by molar-refractivity contribution is 5.13. The summed E-state index contributed by atoms with van der Waals surface area (Å²) in [4.78, 5) is 4.47. The average Bonchev–Trinajstić information content (AvgIpc) is 2.29. The second-order valence-corrected chi connectivity index (χ2v) is 2.97. The van der Waals surface area contributed by atoms with Gasteiger partial charge in [-0.1, -0.05) is 0 Å². The van der Waals surface area contributed by atoms with Gasteiger partial charge in [0.05, 0.1) is 12.2 Å². The predicted octanol–water partition coefficient (Wildman–Crippen LogP) is 1.24. The molecule has 1 heterocycles. The van der Waals surface area contributed by atoms with E-state index < -0.39 is 0 Å². The van der Waals surface area contributed by atoms with Crippen molar-refractivity contribution in [3.63, 3.8) is 0 Å². The first-order valence-corrected chi connectivity index (χ1v) is 4.37. The first-order chi connectivity index (χ1) is 5.70. The number of nitrogens with zero attached hydrogens (tertiary/aromatic N) is 2. The van der Waals surface area contributed by atoms with E-state index in [0.717, 1.165) is 24.6 Å². The summed E-state index contributed by atoms with van der Waals surface area (Å²) >= 11 is 0. The Kier molecular flexibility index (Phi) is 2.87. The maximum atomic E-state index is 4.47. The molecule has 0 saturated heterocycles. The van der Waals surface area contributed by atoms with Crippen LogP contribution in [0.2, 0.25) is 0 Å². The molecule has 0 atom stereocenters. The van der Waals surface area contributed by atoms with E-state index in [1.54, 1.807) is 0 Å². The molecule has 0 aliphatic carbocycles. The molecule has 0 aromatic carbocycles. The van der Waals surface area contributed by atoms with Gasteiger partial charge in [-0.25, -0.2) is 4.98 Å². The lowest BCUT2D eigenvalue weighted by molar-refractivity contribution is 0.645. The number of nitrogens with one attached hydrogen (secondary N) is 1. The molecule has 3 nitrogen and oxygen atoms in total. The zero-order chi connectivity index (χ0) is 9.14. The monoisotopic (exact) mass is 167 g/mol. The largest absolute Gasteiger partial charge is 0.331 e. The molecule has 0 bridgehead atoms. The Morgan fingerprint density at radius 2 is 2.08 bits per heavy atom. The Morgan fingerprint density at radius 3 is 2.58 bits per heavy atom. The van der Waals surface area contributed by atoms with Gasteiger partial charge in [-0.3, -0.25) is 0 Å². The van der Waals surface area contributed by atoms with E-state index in [9.17, 15) is 0 Å². The number of imidazole rings is 1. The molecule has 1 aromatic heterocycles. The maximum Gasteiger partial charge on any atom is 0.123 e. The van der Waals surface area contributed by atoms with Gasteiger partial charge in [-0.2, -0.15) is 0 Å². The van der Waals surface area contributed by atoms with Crippen LogP contribution in [-0.4, -0.2) is 16.6 Å². The molecule has 1 rings (SSSR count). The van der Waals surface area contributed by atoms with Gasteiger partial charge in [0.1, 0.15) is 5.82 Å². The van der Waals surface area contributed by atoms with Crippen LogP contribution in [0.5, 0.6) is 0 Å². The molecule has 1 aromatic rings. The highest BCUT2D eigenvalue weighted by atomic mass is 15.1. The normalized spacial score (nSPS) is 10.7. The van der Waals surface area contributed by atoms with Crippen molar-refractivity contribution < 1.29 is 0 Å². The third-order valence-electron chi connectivity index (χ3n) is 2.19. The van der Waals surface area contributed by atoms with Crippen LogP contribution >= 0.6 is 0 Å². The second kappa shape index (κ2) is 3.72. The summed E-state index contributed by atoms with van der Waals surface area (Å²) < 4.78 is 2.24. The molecule has 1 N–H and O–H groups in total. The van der Waals surface area contributed by atoms with Crippen molar-refractivity contribution in [2.75, 3.05) is 7.05 Å². The van der Waals surface area contributed by atoms with Crippen LogP contribution in [0.15, 0.2) is 0 Å². The zero-order valence-electron chi connectivity index (χ0n) is 8.31. The number of aryl methyl sites for hydroxylation is 1. The molecule has 0 unspecified atom stereocenters. The van der Waals surface area contributed by atoms with Crippen molar-refractivity contribution in [2.24, 2.45) is 0 Å². The van der Waals surface area contributed by atoms with E-state index in [2.05, 4.69) is 35.6 Å². The predicted molar refractivity (Wildman–Crippen MR) is 50.1 cm³/mol. The summed E-state index contributed by atoms with van der Waals surface area (Å²) in [6, 6.07) is 0. The summed E-state index contributed by atoms with van der Waals surface area (Å²) in [5.74, 6) is 1.13. The number of rotatable bonds is 3. The number of aromatic nitrogens is 2. The molecule has 0 aliphatic rings. The van der Waals surface area contributed by atoms with Crippen LogP contribution in [0.4, 0.5) is 0 Å². The Hall–Kier alpha value is -0.830. The zero-order valence-corrected chi connectivity index (χ0v) is 8.31. The van der Waals surface area contributed by atoms with Crippen LogP contribution in [0.1, 0.15) is 24.1 Å². The van der Waals surface area contributed by atoms with Gasteiger partial charge in [-0.15, -0.1) is 0 Å². The molecule has 0 radical (unpaired) electrons. The summed E-state index contributed by atoms with van der Waals surface area (Å²) in [6.45, 7) is 8.17. The van der Waals surface area contributed by atoms with E-state index in [0.29, 0.717) is 0 Å². The topological polar surface area (TPSA) is 29.9 Å². The van der Waals surface area contributed by atoms with E-state index in [-0.39, 0.29) is 0 Å². The smallest absolute Gasteiger partial charge is 0.123 e. The van der Waals surface area contributed by atoms with Gasteiger partial charge in [0, 0.05) is 12.2 Å². The first-order valence-electron chi connectivity index (χ1n) is 4.37. The van der Waals surface area contributed by atoms with Crippen molar-refractivity contribution in [1.82, 2.24) is 14.9 Å². The van der Waals surface area contributed by atoms with Gasteiger partial charge in [-0.05, 0) is 27.8 Å². The number of hydrogen-bond acceptors (Lipinski definition) is 2. The molecule has 68 valence electrons. The van der Waals surface area contributed by atoms with Gasteiger partial charge in [0.25, 0.3) is 0 Å². The Balaban J connectivity index is 3.02. The molecule has 3 heteroatoms. The van der Waals surface area contributed by atoms with Crippen molar-refractivity contribution in [2.45, 2.75) is 33.9 Å². The molecular weight excluding hydrogens is 150 g/mol. The lowest BCUT2D eigenvalue weighted by Crippen LogP contribution is -2.12. The summed E-state index contributed by atoms with van der Waals surface area (Å²) in [7, 11) is 1.94. The highest BCUT2D eigenvalue weighted by Crippen LogP contribution is 2.09. The lowest BCUT2D eigenvalue weighted by atomic mass is 10.4. The molecule has 0 fully saturated rings. The fourth-order valence-electron chi connectivity index (χ4n) is 1.44. The van der Waals surface area contributed by atoms with E-state index in [4.69, 9.17) is 0 Å².